The molecule has 0 aromatic heterocycles. The van der Waals surface area contributed by atoms with Crippen molar-refractivity contribution in [3.63, 3.8) is 0 Å². The molecule has 1 aliphatic heterocycles. The number of hydrogen-bond acceptors (Lipinski definition) is 4. The maximum absolute atomic E-state index is 13.0. The van der Waals surface area contributed by atoms with E-state index in [1.807, 2.05) is 32.6 Å². The number of nitrogens with one attached hydrogen (secondary N) is 2. The third kappa shape index (κ3) is 7.26. The fourth-order valence-electron chi connectivity index (χ4n) is 3.78. The Morgan fingerprint density at radius 2 is 1.81 bits per heavy atom. The molecule has 1 fully saturated rings. The molecule has 7 heteroatoms. The Morgan fingerprint density at radius 3 is 2.39 bits per heavy atom. The summed E-state index contributed by atoms with van der Waals surface area (Å²) in [7, 11) is 1.55. The summed E-state index contributed by atoms with van der Waals surface area (Å²) in [5.74, 6) is 0.571. The number of carbonyl (C=O) groups excluding carboxylic acids is 3. The molecule has 7 nitrogen and oxygen atoms in total. The van der Waals surface area contributed by atoms with E-state index in [2.05, 4.69) is 10.6 Å². The molecule has 1 heterocycles. The Bertz CT molecular complexity index is 757. The molecule has 31 heavy (non-hydrogen) atoms. The van der Waals surface area contributed by atoms with E-state index in [0.717, 1.165) is 6.42 Å². The van der Waals surface area contributed by atoms with Gasteiger partial charge in [0.1, 0.15) is 11.8 Å². The smallest absolute Gasteiger partial charge is 0.252 e. The highest BCUT2D eigenvalue weighted by Gasteiger charge is 2.34. The molecule has 172 valence electrons. The minimum Gasteiger partial charge on any atom is -0.497 e. The van der Waals surface area contributed by atoms with Crippen LogP contribution in [0.1, 0.15) is 63.7 Å². The second-order valence-corrected chi connectivity index (χ2v) is 8.82. The van der Waals surface area contributed by atoms with Crippen LogP contribution in [0.4, 0.5) is 0 Å². The Balaban J connectivity index is 2.11. The summed E-state index contributed by atoms with van der Waals surface area (Å²) < 4.78 is 5.21. The number of benzene rings is 1. The van der Waals surface area contributed by atoms with Crippen molar-refractivity contribution < 1.29 is 19.1 Å². The van der Waals surface area contributed by atoms with E-state index >= 15 is 0 Å². The molecule has 2 atom stereocenters. The van der Waals surface area contributed by atoms with Crippen LogP contribution in [-0.2, 0) is 9.59 Å². The zero-order valence-corrected chi connectivity index (χ0v) is 19.4. The van der Waals surface area contributed by atoms with Gasteiger partial charge in [0, 0.05) is 31.1 Å². The van der Waals surface area contributed by atoms with Gasteiger partial charge in [0.25, 0.3) is 5.91 Å². The first-order valence-corrected chi connectivity index (χ1v) is 11.3. The molecule has 0 saturated carbocycles. The van der Waals surface area contributed by atoms with E-state index in [0.29, 0.717) is 49.6 Å². The van der Waals surface area contributed by atoms with Crippen molar-refractivity contribution in [3.05, 3.63) is 29.8 Å². The number of hydrogen-bond donors (Lipinski definition) is 2. The molecule has 0 aliphatic carbocycles. The number of nitrogens with zero attached hydrogens (tertiary/aromatic N) is 1. The van der Waals surface area contributed by atoms with Gasteiger partial charge in [-0.05, 0) is 56.2 Å². The van der Waals surface area contributed by atoms with Gasteiger partial charge in [-0.3, -0.25) is 14.4 Å². The quantitative estimate of drug-likeness (QED) is 0.629. The minimum absolute atomic E-state index is 0.0245. The Kier molecular flexibility index (Phi) is 9.34. The van der Waals surface area contributed by atoms with Crippen molar-refractivity contribution in [1.82, 2.24) is 15.5 Å². The molecular weight excluding hydrogens is 394 g/mol. The lowest BCUT2D eigenvalue weighted by molar-refractivity contribution is -0.133. The van der Waals surface area contributed by atoms with Gasteiger partial charge >= 0.3 is 0 Å². The van der Waals surface area contributed by atoms with Crippen LogP contribution < -0.4 is 15.4 Å². The number of carbonyl (C=O) groups is 3. The van der Waals surface area contributed by atoms with E-state index in [4.69, 9.17) is 4.74 Å². The zero-order chi connectivity index (χ0) is 23.0. The largest absolute Gasteiger partial charge is 0.497 e. The average molecular weight is 432 g/mol. The summed E-state index contributed by atoms with van der Waals surface area (Å²) in [4.78, 5) is 40.2. The topological polar surface area (TPSA) is 87.7 Å². The predicted molar refractivity (Wildman–Crippen MR) is 121 cm³/mol. The minimum atomic E-state index is -0.643. The third-order valence-corrected chi connectivity index (χ3v) is 5.85. The summed E-state index contributed by atoms with van der Waals surface area (Å²) >= 11 is 0. The summed E-state index contributed by atoms with van der Waals surface area (Å²) in [6.07, 6.45) is 2.71. The predicted octanol–water partition coefficient (Wildman–Crippen LogP) is 2.99. The van der Waals surface area contributed by atoms with Crippen molar-refractivity contribution in [1.29, 1.82) is 0 Å². The van der Waals surface area contributed by atoms with Gasteiger partial charge in [-0.25, -0.2) is 0 Å². The van der Waals surface area contributed by atoms with Crippen molar-refractivity contribution >= 4 is 17.7 Å². The van der Waals surface area contributed by atoms with Gasteiger partial charge in [-0.15, -0.1) is 0 Å². The van der Waals surface area contributed by atoms with Crippen LogP contribution in [0.5, 0.6) is 5.75 Å². The Hall–Kier alpha value is -2.57. The lowest BCUT2D eigenvalue weighted by Crippen LogP contribution is -2.55. The molecule has 1 saturated heterocycles. The fraction of sp³-hybridized carbons (Fsp3) is 0.625. The highest BCUT2D eigenvalue weighted by molar-refractivity contribution is 5.98. The van der Waals surface area contributed by atoms with Crippen molar-refractivity contribution in [2.24, 2.45) is 11.8 Å². The van der Waals surface area contributed by atoms with Gasteiger partial charge in [0.15, 0.2) is 0 Å². The van der Waals surface area contributed by atoms with Crippen LogP contribution in [0, 0.1) is 11.8 Å². The van der Waals surface area contributed by atoms with E-state index in [-0.39, 0.29) is 29.7 Å². The number of methoxy groups -OCH3 is 1. The zero-order valence-electron chi connectivity index (χ0n) is 19.4. The van der Waals surface area contributed by atoms with Crippen molar-refractivity contribution in [2.75, 3.05) is 20.2 Å². The van der Waals surface area contributed by atoms with Gasteiger partial charge in [-0.1, -0.05) is 26.8 Å². The van der Waals surface area contributed by atoms with Crippen LogP contribution in [0.25, 0.3) is 0 Å². The second-order valence-electron chi connectivity index (χ2n) is 8.82. The van der Waals surface area contributed by atoms with Gasteiger partial charge < -0.3 is 20.3 Å². The first kappa shape index (κ1) is 24.7. The van der Waals surface area contributed by atoms with E-state index in [1.54, 1.807) is 31.4 Å². The third-order valence-electron chi connectivity index (χ3n) is 5.85. The van der Waals surface area contributed by atoms with Crippen LogP contribution in [0.15, 0.2) is 24.3 Å². The van der Waals surface area contributed by atoms with Crippen molar-refractivity contribution in [2.45, 2.75) is 65.5 Å². The molecular formula is C24H37N3O4. The van der Waals surface area contributed by atoms with Crippen LogP contribution in [0.2, 0.25) is 0 Å². The highest BCUT2D eigenvalue weighted by Crippen LogP contribution is 2.23. The maximum atomic E-state index is 13.0. The Morgan fingerprint density at radius 1 is 1.13 bits per heavy atom. The van der Waals surface area contributed by atoms with Gasteiger partial charge in [0.2, 0.25) is 11.8 Å². The summed E-state index contributed by atoms with van der Waals surface area (Å²) in [6.45, 7) is 9.25. The molecule has 1 aliphatic rings. The van der Waals surface area contributed by atoms with Gasteiger partial charge in [-0.2, -0.15) is 0 Å². The highest BCUT2D eigenvalue weighted by atomic mass is 16.5. The van der Waals surface area contributed by atoms with E-state index < -0.39 is 6.04 Å². The SMILES string of the molecule is CC[C@@H](C)NC(=O)[C@H](NC(=O)c1cccc(OC)c1)C1CCN(C(=O)CC(C)C)CC1. The first-order chi connectivity index (χ1) is 14.7. The number of piperidine rings is 1. The van der Waals surface area contributed by atoms with Crippen LogP contribution >= 0.6 is 0 Å². The molecule has 3 amide bonds. The molecule has 0 radical (unpaired) electrons. The number of rotatable bonds is 9. The molecule has 2 rings (SSSR count). The molecule has 2 N–H and O–H groups in total. The molecule has 1 aromatic carbocycles. The van der Waals surface area contributed by atoms with E-state index in [1.165, 1.54) is 0 Å². The normalized spacial score (nSPS) is 16.5. The molecule has 1 aromatic rings. The summed E-state index contributed by atoms with van der Waals surface area (Å²) in [6, 6.07) is 6.27. The average Bonchev–Trinajstić information content (AvgIpc) is 2.76. The van der Waals surface area contributed by atoms with Crippen molar-refractivity contribution in [3.8, 4) is 5.75 Å². The van der Waals surface area contributed by atoms with Gasteiger partial charge in [0.05, 0.1) is 7.11 Å². The second kappa shape index (κ2) is 11.7. The summed E-state index contributed by atoms with van der Waals surface area (Å²) in [5, 5.41) is 5.96. The standard InChI is InChI=1S/C24H37N3O4/c1-6-17(4)25-24(30)22(26-23(29)19-8-7-9-20(15-19)31-5)18-10-12-27(13-11-18)21(28)14-16(2)3/h7-9,15-18,22H,6,10-14H2,1-5H3,(H,25,30)(H,26,29)/t17-,22-/m1/s1. The molecule has 0 bridgehead atoms. The number of likely N-dealkylation sites (tertiary alicyclic amines) is 1. The monoisotopic (exact) mass is 431 g/mol. The van der Waals surface area contributed by atoms with E-state index in [9.17, 15) is 14.4 Å². The fourth-order valence-corrected chi connectivity index (χ4v) is 3.78. The lowest BCUT2D eigenvalue weighted by atomic mass is 9.88. The number of ether oxygens (including phenoxy) is 1. The molecule has 0 spiro atoms. The van der Waals surface area contributed by atoms with Crippen LogP contribution in [-0.4, -0.2) is 54.9 Å². The molecule has 0 unspecified atom stereocenters. The first-order valence-electron chi connectivity index (χ1n) is 11.3. The Labute approximate surface area is 185 Å². The van der Waals surface area contributed by atoms with Crippen LogP contribution in [0.3, 0.4) is 0 Å². The maximum Gasteiger partial charge on any atom is 0.252 e. The number of amides is 3. The summed E-state index contributed by atoms with van der Waals surface area (Å²) in [5.41, 5.74) is 0.449. The lowest BCUT2D eigenvalue weighted by Gasteiger charge is -2.36.